The molecule has 6 nitrogen and oxygen atoms in total. The minimum Gasteiger partial charge on any atom is -0.478 e. The number of aromatic carboxylic acids is 1. The monoisotopic (exact) mass is 337 g/mol. The van der Waals surface area contributed by atoms with Crippen LogP contribution in [0.3, 0.4) is 0 Å². The van der Waals surface area contributed by atoms with Crippen LogP contribution in [0.15, 0.2) is 23.1 Å². The van der Waals surface area contributed by atoms with Gasteiger partial charge in [0.05, 0.1) is 10.5 Å². The predicted octanol–water partition coefficient (Wildman–Crippen LogP) is 0.959. The van der Waals surface area contributed by atoms with E-state index in [1.54, 1.807) is 6.92 Å². The van der Waals surface area contributed by atoms with Gasteiger partial charge in [0.15, 0.2) is 0 Å². The van der Waals surface area contributed by atoms with Crippen molar-refractivity contribution in [2.24, 2.45) is 0 Å². The summed E-state index contributed by atoms with van der Waals surface area (Å²) in [5.41, 5.74) is -0.707. The molecule has 0 aromatic heterocycles. The summed E-state index contributed by atoms with van der Waals surface area (Å²) in [5.74, 6) is -2.55. The van der Waals surface area contributed by atoms with Crippen molar-refractivity contribution < 1.29 is 26.9 Å². The van der Waals surface area contributed by atoms with E-state index in [1.165, 1.54) is 6.26 Å². The quantitative estimate of drug-likeness (QED) is 0.772. The molecule has 0 aliphatic heterocycles. The van der Waals surface area contributed by atoms with Crippen LogP contribution in [0.5, 0.6) is 0 Å². The van der Waals surface area contributed by atoms with E-state index in [9.17, 15) is 21.8 Å². The molecule has 1 aromatic rings. The summed E-state index contributed by atoms with van der Waals surface area (Å²) in [6, 6.07) is 2.55. The lowest BCUT2D eigenvalue weighted by Gasteiger charge is -2.10. The van der Waals surface area contributed by atoms with Crippen LogP contribution in [0.1, 0.15) is 23.7 Å². The third-order valence-electron chi connectivity index (χ3n) is 2.89. The van der Waals surface area contributed by atoms with Gasteiger partial charge in [-0.25, -0.2) is 22.3 Å². The number of rotatable bonds is 7. The van der Waals surface area contributed by atoms with Crippen LogP contribution in [-0.2, 0) is 20.8 Å². The van der Waals surface area contributed by atoms with Crippen molar-refractivity contribution in [1.82, 2.24) is 4.72 Å². The average Bonchev–Trinajstić information content (AvgIpc) is 2.38. The molecule has 9 heteroatoms. The van der Waals surface area contributed by atoms with E-state index in [0.29, 0.717) is 6.42 Å². The first-order valence-electron chi connectivity index (χ1n) is 6.00. The molecule has 2 N–H and O–H groups in total. The molecule has 0 aliphatic rings. The average molecular weight is 337 g/mol. The number of carbonyl (C=O) groups is 1. The molecule has 1 aromatic carbocycles. The van der Waals surface area contributed by atoms with Gasteiger partial charge >= 0.3 is 5.97 Å². The standard InChI is InChI=1S/C12H16FNO5S2/c1-8(20(2)17)5-6-14-21(18,19)9-3-4-11(13)10(7-9)12(15)16/h3-4,7-8,14H,5-6H2,1-2H3,(H,15,16). The van der Waals surface area contributed by atoms with Gasteiger partial charge in [0.25, 0.3) is 0 Å². The van der Waals surface area contributed by atoms with Crippen molar-refractivity contribution >= 4 is 26.8 Å². The third-order valence-corrected chi connectivity index (χ3v) is 5.72. The number of sulfonamides is 1. The molecule has 0 radical (unpaired) electrons. The second-order valence-corrected chi connectivity index (χ2v) is 8.01. The van der Waals surface area contributed by atoms with Crippen molar-refractivity contribution in [2.45, 2.75) is 23.5 Å². The molecule has 0 spiro atoms. The lowest BCUT2D eigenvalue weighted by Crippen LogP contribution is -2.28. The van der Waals surface area contributed by atoms with E-state index in [4.69, 9.17) is 5.11 Å². The van der Waals surface area contributed by atoms with Crippen LogP contribution in [0.25, 0.3) is 0 Å². The Kier molecular flexibility index (Phi) is 5.99. The lowest BCUT2D eigenvalue weighted by molar-refractivity contribution is 0.0691. The largest absolute Gasteiger partial charge is 0.478 e. The highest BCUT2D eigenvalue weighted by atomic mass is 32.2. The van der Waals surface area contributed by atoms with Gasteiger partial charge in [-0.15, -0.1) is 0 Å². The minimum atomic E-state index is -3.93. The molecule has 0 aliphatic carbocycles. The lowest BCUT2D eigenvalue weighted by atomic mass is 10.2. The van der Waals surface area contributed by atoms with Crippen LogP contribution in [-0.4, -0.2) is 41.8 Å². The van der Waals surface area contributed by atoms with E-state index in [-0.39, 0.29) is 16.7 Å². The Morgan fingerprint density at radius 3 is 2.62 bits per heavy atom. The minimum absolute atomic E-state index is 0.0584. The number of hydrogen-bond acceptors (Lipinski definition) is 4. The molecule has 2 unspecified atom stereocenters. The van der Waals surface area contributed by atoms with Crippen molar-refractivity contribution in [3.05, 3.63) is 29.6 Å². The number of nitrogens with one attached hydrogen (secondary N) is 1. The van der Waals surface area contributed by atoms with Crippen molar-refractivity contribution in [3.8, 4) is 0 Å². The fourth-order valence-corrected chi connectivity index (χ4v) is 3.00. The smallest absolute Gasteiger partial charge is 0.338 e. The maximum Gasteiger partial charge on any atom is 0.338 e. The van der Waals surface area contributed by atoms with E-state index in [1.807, 2.05) is 0 Å². The first-order valence-corrected chi connectivity index (χ1v) is 9.10. The number of halogens is 1. The van der Waals surface area contributed by atoms with Gasteiger partial charge < -0.3 is 5.11 Å². The fraction of sp³-hybridized carbons (Fsp3) is 0.417. The highest BCUT2D eigenvalue weighted by Crippen LogP contribution is 2.15. The number of carboxylic acid groups (broad SMARTS) is 1. The number of hydrogen-bond donors (Lipinski definition) is 2. The highest BCUT2D eigenvalue weighted by molar-refractivity contribution is 7.89. The molecule has 2 atom stereocenters. The molecule has 0 saturated heterocycles. The number of carboxylic acids is 1. The summed E-state index contributed by atoms with van der Waals surface area (Å²) < 4.78 is 50.6. The van der Waals surface area contributed by atoms with Gasteiger partial charge in [0, 0.05) is 28.9 Å². The van der Waals surface area contributed by atoms with Crippen molar-refractivity contribution in [2.75, 3.05) is 12.8 Å². The van der Waals surface area contributed by atoms with E-state index < -0.39 is 38.2 Å². The Labute approximate surface area is 124 Å². The normalized spacial score (nSPS) is 14.6. The van der Waals surface area contributed by atoms with Crippen molar-refractivity contribution in [1.29, 1.82) is 0 Å². The van der Waals surface area contributed by atoms with Crippen LogP contribution < -0.4 is 4.72 Å². The second kappa shape index (κ2) is 7.10. The Hall–Kier alpha value is -1.32. The molecule has 1 rings (SSSR count). The maximum atomic E-state index is 13.2. The zero-order valence-corrected chi connectivity index (χ0v) is 13.1. The molecular weight excluding hydrogens is 321 g/mol. The van der Waals surface area contributed by atoms with Crippen molar-refractivity contribution in [3.63, 3.8) is 0 Å². The van der Waals surface area contributed by atoms with Gasteiger partial charge in [-0.2, -0.15) is 0 Å². The SMILES string of the molecule is CC(CCNS(=O)(=O)c1ccc(F)c(C(=O)O)c1)S(C)=O. The highest BCUT2D eigenvalue weighted by Gasteiger charge is 2.19. The van der Waals surface area contributed by atoms with Gasteiger partial charge in [-0.3, -0.25) is 4.21 Å². The van der Waals surface area contributed by atoms with E-state index >= 15 is 0 Å². The summed E-state index contributed by atoms with van der Waals surface area (Å²) >= 11 is 0. The molecule has 21 heavy (non-hydrogen) atoms. The number of benzene rings is 1. The third kappa shape index (κ3) is 4.87. The Balaban J connectivity index is 2.86. The Morgan fingerprint density at radius 1 is 1.48 bits per heavy atom. The fourth-order valence-electron chi connectivity index (χ4n) is 1.48. The first kappa shape index (κ1) is 17.7. The van der Waals surface area contributed by atoms with Gasteiger partial charge in [-0.05, 0) is 24.6 Å². The molecule has 118 valence electrons. The molecule has 0 heterocycles. The first-order chi connectivity index (χ1) is 9.65. The molecule has 0 bridgehead atoms. The molecule has 0 amide bonds. The van der Waals surface area contributed by atoms with E-state index in [0.717, 1.165) is 18.2 Å². The van der Waals surface area contributed by atoms with Gasteiger partial charge in [-0.1, -0.05) is 6.92 Å². The summed E-state index contributed by atoms with van der Waals surface area (Å²) in [6.07, 6.45) is 1.90. The van der Waals surface area contributed by atoms with Crippen LogP contribution in [0, 0.1) is 5.82 Å². The summed E-state index contributed by atoms with van der Waals surface area (Å²) in [5, 5.41) is 8.61. The van der Waals surface area contributed by atoms with Crippen LogP contribution >= 0.6 is 0 Å². The van der Waals surface area contributed by atoms with Gasteiger partial charge in [0.1, 0.15) is 5.82 Å². The Morgan fingerprint density at radius 2 is 2.10 bits per heavy atom. The van der Waals surface area contributed by atoms with E-state index in [2.05, 4.69) is 4.72 Å². The van der Waals surface area contributed by atoms with Crippen LogP contribution in [0.2, 0.25) is 0 Å². The molecule has 0 saturated carbocycles. The topological polar surface area (TPSA) is 101 Å². The summed E-state index contributed by atoms with van der Waals surface area (Å²) in [6.45, 7) is 1.79. The second-order valence-electron chi connectivity index (χ2n) is 4.44. The zero-order chi connectivity index (χ0) is 16.2. The summed E-state index contributed by atoms with van der Waals surface area (Å²) in [7, 11) is -4.99. The van der Waals surface area contributed by atoms with Crippen LogP contribution in [0.4, 0.5) is 4.39 Å². The molecular formula is C12H16FNO5S2. The molecule has 0 fully saturated rings. The Bertz CT molecular complexity index is 660. The van der Waals surface area contributed by atoms with Gasteiger partial charge in [0.2, 0.25) is 10.0 Å². The maximum absolute atomic E-state index is 13.2. The zero-order valence-electron chi connectivity index (χ0n) is 11.5. The summed E-state index contributed by atoms with van der Waals surface area (Å²) in [4.78, 5) is 10.5. The predicted molar refractivity (Wildman–Crippen MR) is 76.7 cm³/mol.